The average Bonchev–Trinajstić information content (AvgIpc) is 3.56. The number of aliphatic hydroxyl groups excluding tert-OH is 14. The molecule has 0 bridgehead atoms. The molecular weight excluding hydrogens is 920 g/mol. The topological polar surface area (TPSA) is 482 Å². The molecule has 0 aromatic rings. The molecule has 26 atom stereocenters. The number of carboxylic acid groups (broad SMARTS) is 1. The summed E-state index contributed by atoms with van der Waals surface area (Å²) in [6.07, 6.45) is -43.3. The molecule has 5 aliphatic rings. The van der Waals surface area contributed by atoms with Crippen LogP contribution in [0.4, 0.5) is 0 Å². The Kier molecular flexibility index (Phi) is 19.1. The van der Waals surface area contributed by atoms with E-state index in [0.717, 1.165) is 13.8 Å². The maximum absolute atomic E-state index is 12.7. The van der Waals surface area contributed by atoms with E-state index in [-0.39, 0.29) is 0 Å². The van der Waals surface area contributed by atoms with Crippen molar-refractivity contribution in [2.75, 3.05) is 26.4 Å². The number of nitrogens with one attached hydrogen (secondary N) is 2. The Morgan fingerprint density at radius 3 is 1.69 bits per heavy atom. The van der Waals surface area contributed by atoms with Crippen molar-refractivity contribution in [1.82, 2.24) is 10.6 Å². The van der Waals surface area contributed by atoms with Crippen LogP contribution in [0.1, 0.15) is 27.2 Å². The lowest BCUT2D eigenvalue weighted by molar-refractivity contribution is -0.348. The molecule has 0 unspecified atom stereocenters. The fraction of sp³-hybridized carbons (Fsp3) is 0.919. The molecule has 67 heavy (non-hydrogen) atoms. The number of rotatable bonds is 18. The van der Waals surface area contributed by atoms with E-state index in [2.05, 4.69) is 10.6 Å². The summed E-state index contributed by atoms with van der Waals surface area (Å²) in [6.45, 7) is -0.254. The summed E-state index contributed by atoms with van der Waals surface area (Å²) in [7, 11) is 0. The third kappa shape index (κ3) is 12.1. The van der Waals surface area contributed by atoms with Gasteiger partial charge in [-0.2, -0.15) is 0 Å². The minimum absolute atomic E-state index is 0.789. The second-order valence-corrected chi connectivity index (χ2v) is 16.9. The van der Waals surface area contributed by atoms with Crippen molar-refractivity contribution in [3.63, 3.8) is 0 Å². The van der Waals surface area contributed by atoms with Gasteiger partial charge in [0.15, 0.2) is 25.2 Å². The Labute approximate surface area is 379 Å². The highest BCUT2D eigenvalue weighted by Crippen LogP contribution is 2.37. The fourth-order valence-electron chi connectivity index (χ4n) is 8.36. The van der Waals surface area contributed by atoms with Crippen LogP contribution in [-0.4, -0.2) is 285 Å². The van der Waals surface area contributed by atoms with Crippen molar-refractivity contribution >= 4 is 17.8 Å². The number of aliphatic carboxylic acids is 1. The van der Waals surface area contributed by atoms with Crippen LogP contribution in [0.3, 0.4) is 0 Å². The lowest BCUT2D eigenvalue weighted by Crippen LogP contribution is -2.71. The van der Waals surface area contributed by atoms with E-state index >= 15 is 0 Å². The van der Waals surface area contributed by atoms with Crippen LogP contribution in [0.5, 0.6) is 0 Å². The SMILES string of the molecule is CC(=O)N[C@H]([C@@H]1O[C@@](O)(C(=O)O)C[C@H](O[C@H]2O[C@H](CO)[C@H](O)[C@H](O)[C@H]2O)[C@@H]1NC(C)=O)[C@H](C)O[C@H]1O[C@H](CO)[C@H](O)[C@H](O[C@@H]2O[C@@H]([C@H](O)CO[C@@H]3O[C@H](CO)[C@H](O)[C@H](O)[C@H]3O)[C@H](O)[C@H]2O)[C@H]1O. The molecule has 18 N–H and O–H groups in total. The van der Waals surface area contributed by atoms with Crippen molar-refractivity contribution < 1.29 is 139 Å². The molecule has 0 aromatic carbocycles. The van der Waals surface area contributed by atoms with Crippen LogP contribution in [0.15, 0.2) is 0 Å². The highest BCUT2D eigenvalue weighted by atomic mass is 16.8. The number of aliphatic hydroxyl groups is 15. The first-order valence-electron chi connectivity index (χ1n) is 21.1. The minimum Gasteiger partial charge on any atom is -0.477 e. The lowest BCUT2D eigenvalue weighted by Gasteiger charge is -2.50. The summed E-state index contributed by atoms with van der Waals surface area (Å²) in [5.74, 6) is -6.89. The number of carboxylic acids is 1. The number of carbonyl (C=O) groups is 3. The monoisotopic (exact) mass is 982 g/mol. The van der Waals surface area contributed by atoms with E-state index < -0.39 is 210 Å². The first-order valence-corrected chi connectivity index (χ1v) is 21.1. The van der Waals surface area contributed by atoms with Crippen molar-refractivity contribution in [2.24, 2.45) is 0 Å². The van der Waals surface area contributed by atoms with Gasteiger partial charge in [0.25, 0.3) is 5.79 Å². The first kappa shape index (κ1) is 55.4. The quantitative estimate of drug-likeness (QED) is 0.0606. The third-order valence-electron chi connectivity index (χ3n) is 12.0. The van der Waals surface area contributed by atoms with Gasteiger partial charge in [-0.1, -0.05) is 0 Å². The second kappa shape index (κ2) is 23.1. The Morgan fingerprint density at radius 2 is 1.15 bits per heavy atom. The van der Waals surface area contributed by atoms with E-state index in [1.165, 1.54) is 6.92 Å². The van der Waals surface area contributed by atoms with E-state index in [9.17, 15) is 96.1 Å². The van der Waals surface area contributed by atoms with Crippen LogP contribution in [0, 0.1) is 0 Å². The summed E-state index contributed by atoms with van der Waals surface area (Å²) in [4.78, 5) is 37.9. The van der Waals surface area contributed by atoms with Crippen molar-refractivity contribution in [2.45, 2.75) is 186 Å². The average molecular weight is 983 g/mol. The molecule has 5 rings (SSSR count). The van der Waals surface area contributed by atoms with E-state index in [1.54, 1.807) is 0 Å². The molecular formula is C37H62N2O28. The summed E-state index contributed by atoms with van der Waals surface area (Å²) in [5.41, 5.74) is 0. The van der Waals surface area contributed by atoms with Gasteiger partial charge < -0.3 is 135 Å². The molecule has 0 aliphatic carbocycles. The zero-order chi connectivity index (χ0) is 50.0. The molecule has 0 spiro atoms. The Bertz CT molecular complexity index is 1640. The zero-order valence-electron chi connectivity index (χ0n) is 36.0. The number of hydrogen-bond acceptors (Lipinski definition) is 27. The molecule has 30 nitrogen and oxygen atoms in total. The normalized spacial score (nSPS) is 46.3. The van der Waals surface area contributed by atoms with Gasteiger partial charge in [0, 0.05) is 20.3 Å². The van der Waals surface area contributed by atoms with Crippen LogP contribution in [0.2, 0.25) is 0 Å². The standard InChI is InChI=1S/C37H62N2O28/c1-9(17(38-10(2)43)30-18(39-11(3)44)13(4-37(58,67-30)36(56)57)61-33-26(53)23(50)20(47)15(6-41)63-33)60-35-28(55)31(21(48)16(7-42)64-35)66-34-27(54)24(51)29(65-34)12(45)8-59-32-25(52)22(49)19(46)14(5-40)62-32/h9,12-35,40-42,45-55,58H,4-8H2,1-3H3,(H,38,43)(H,39,44)(H,56,57)/t9-,12+,13-,14+,15+,16+,17-,18-,19-,20-,21-,22-,23-,24+,25+,26+,27+,28+,29-,30-,31-,32+,33-,34-,35-,37+/m0/s1. The maximum atomic E-state index is 12.7. The minimum atomic E-state index is -3.20. The van der Waals surface area contributed by atoms with Gasteiger partial charge in [0.2, 0.25) is 11.8 Å². The Balaban J connectivity index is 1.35. The second-order valence-electron chi connectivity index (χ2n) is 16.9. The highest BCUT2D eigenvalue weighted by molar-refractivity contribution is 5.76. The molecule has 0 aromatic heterocycles. The fourth-order valence-corrected chi connectivity index (χ4v) is 8.36. The lowest BCUT2D eigenvalue weighted by atomic mass is 9.87. The Hall–Kier alpha value is -2.55. The number of amides is 2. The molecule has 5 heterocycles. The van der Waals surface area contributed by atoms with Gasteiger partial charge in [-0.15, -0.1) is 0 Å². The largest absolute Gasteiger partial charge is 0.477 e. The summed E-state index contributed by atoms with van der Waals surface area (Å²) in [5, 5.41) is 172. The molecule has 5 aliphatic heterocycles. The summed E-state index contributed by atoms with van der Waals surface area (Å²) < 4.78 is 50.2. The third-order valence-corrected chi connectivity index (χ3v) is 12.0. The molecule has 2 amide bonds. The number of ether oxygens (including phenoxy) is 9. The molecule has 0 saturated carbocycles. The smallest absolute Gasteiger partial charge is 0.364 e. The van der Waals surface area contributed by atoms with Gasteiger partial charge >= 0.3 is 5.97 Å². The van der Waals surface area contributed by atoms with E-state index in [4.69, 9.17) is 42.6 Å². The van der Waals surface area contributed by atoms with Crippen LogP contribution >= 0.6 is 0 Å². The Morgan fingerprint density at radius 1 is 0.642 bits per heavy atom. The van der Waals surface area contributed by atoms with Crippen LogP contribution in [-0.2, 0) is 57.0 Å². The van der Waals surface area contributed by atoms with E-state index in [1.807, 2.05) is 0 Å². The van der Waals surface area contributed by atoms with Crippen LogP contribution < -0.4 is 10.6 Å². The predicted molar refractivity (Wildman–Crippen MR) is 206 cm³/mol. The predicted octanol–water partition coefficient (Wildman–Crippen LogP) is -11.4. The van der Waals surface area contributed by atoms with Crippen LogP contribution in [0.25, 0.3) is 0 Å². The van der Waals surface area contributed by atoms with Crippen molar-refractivity contribution in [1.29, 1.82) is 0 Å². The molecule has 388 valence electrons. The number of carbonyl (C=O) groups excluding carboxylic acids is 2. The van der Waals surface area contributed by atoms with Gasteiger partial charge in [0.1, 0.15) is 104 Å². The van der Waals surface area contributed by atoms with Crippen molar-refractivity contribution in [3.05, 3.63) is 0 Å². The number of hydrogen-bond donors (Lipinski definition) is 18. The van der Waals surface area contributed by atoms with Gasteiger partial charge in [-0.25, -0.2) is 4.79 Å². The molecule has 5 fully saturated rings. The maximum Gasteiger partial charge on any atom is 0.364 e. The summed E-state index contributed by atoms with van der Waals surface area (Å²) in [6, 6.07) is -3.32. The van der Waals surface area contributed by atoms with Crippen molar-refractivity contribution in [3.8, 4) is 0 Å². The molecule has 5 saturated heterocycles. The van der Waals surface area contributed by atoms with Gasteiger partial charge in [0.05, 0.1) is 50.7 Å². The molecule has 30 heteroatoms. The molecule has 0 radical (unpaired) electrons. The summed E-state index contributed by atoms with van der Waals surface area (Å²) >= 11 is 0. The van der Waals surface area contributed by atoms with Gasteiger partial charge in [-0.05, 0) is 6.92 Å². The first-order chi connectivity index (χ1) is 31.4. The van der Waals surface area contributed by atoms with Gasteiger partial charge in [-0.3, -0.25) is 9.59 Å². The van der Waals surface area contributed by atoms with E-state index in [0.29, 0.717) is 0 Å². The zero-order valence-corrected chi connectivity index (χ0v) is 36.0. The highest BCUT2D eigenvalue weighted by Gasteiger charge is 2.58.